The largest absolute Gasteiger partial charge is 0.298 e. The molecule has 0 radical (unpaired) electrons. The van der Waals surface area contributed by atoms with E-state index in [2.05, 4.69) is 13.8 Å². The average molecular weight is 272 g/mol. The first kappa shape index (κ1) is 13.8. The summed E-state index contributed by atoms with van der Waals surface area (Å²) in [5, 5.41) is 1.63. The maximum atomic E-state index is 12.5. The van der Waals surface area contributed by atoms with Gasteiger partial charge in [0.15, 0.2) is 0 Å². The number of ketones is 1. The van der Waals surface area contributed by atoms with E-state index in [4.69, 9.17) is 0 Å². The van der Waals surface area contributed by atoms with Crippen LogP contribution in [0.1, 0.15) is 52.4 Å². The van der Waals surface area contributed by atoms with Crippen LogP contribution in [0.5, 0.6) is 0 Å². The molecular formula is C14H24OS2. The standard InChI is InChI=1S/C14H24OS2/c1-10-11(2)17-13(9-16-10)14(15)12-7-5-3-4-6-8-12/h10-13H,3-9H2,1-2H3. The molecule has 0 aromatic carbocycles. The summed E-state index contributed by atoms with van der Waals surface area (Å²) in [7, 11) is 0. The first-order chi connectivity index (χ1) is 8.18. The normalized spacial score (nSPS) is 36.5. The Balaban J connectivity index is 1.90. The highest BCUT2D eigenvalue weighted by molar-refractivity contribution is 8.08. The molecule has 2 fully saturated rings. The van der Waals surface area contributed by atoms with Gasteiger partial charge in [-0.2, -0.15) is 11.8 Å². The van der Waals surface area contributed by atoms with E-state index in [1.807, 2.05) is 23.5 Å². The Morgan fingerprint density at radius 1 is 1.00 bits per heavy atom. The highest BCUT2D eigenvalue weighted by atomic mass is 32.2. The lowest BCUT2D eigenvalue weighted by Crippen LogP contribution is -2.35. The molecular weight excluding hydrogens is 248 g/mol. The summed E-state index contributed by atoms with van der Waals surface area (Å²) >= 11 is 3.92. The predicted molar refractivity (Wildman–Crippen MR) is 79.0 cm³/mol. The van der Waals surface area contributed by atoms with Crippen LogP contribution in [0.2, 0.25) is 0 Å². The summed E-state index contributed by atoms with van der Waals surface area (Å²) in [6, 6.07) is 0. The first-order valence-electron chi connectivity index (χ1n) is 6.99. The summed E-state index contributed by atoms with van der Waals surface area (Å²) < 4.78 is 0. The second-order valence-corrected chi connectivity index (χ2v) is 8.45. The molecule has 0 aromatic rings. The first-order valence-corrected chi connectivity index (χ1v) is 8.98. The lowest BCUT2D eigenvalue weighted by atomic mass is 9.94. The summed E-state index contributed by atoms with van der Waals surface area (Å²) in [5.74, 6) is 2.00. The molecule has 1 saturated heterocycles. The molecule has 17 heavy (non-hydrogen) atoms. The highest BCUT2D eigenvalue weighted by Crippen LogP contribution is 2.38. The molecule has 0 amide bonds. The summed E-state index contributed by atoms with van der Waals surface area (Å²) in [6.45, 7) is 4.56. The van der Waals surface area contributed by atoms with E-state index in [0.29, 0.717) is 22.2 Å². The fourth-order valence-electron chi connectivity index (χ4n) is 2.76. The number of hydrogen-bond acceptors (Lipinski definition) is 3. The predicted octanol–water partition coefficient (Wildman–Crippen LogP) is 4.15. The minimum absolute atomic E-state index is 0.286. The summed E-state index contributed by atoms with van der Waals surface area (Å²) in [6.07, 6.45) is 7.53. The van der Waals surface area contributed by atoms with Crippen molar-refractivity contribution < 1.29 is 4.79 Å². The van der Waals surface area contributed by atoms with Crippen LogP contribution in [-0.2, 0) is 4.79 Å². The second-order valence-electron chi connectivity index (χ2n) is 5.46. The van der Waals surface area contributed by atoms with Gasteiger partial charge in [-0.15, -0.1) is 11.8 Å². The van der Waals surface area contributed by atoms with Crippen LogP contribution in [0.15, 0.2) is 0 Å². The number of thioether (sulfide) groups is 2. The van der Waals surface area contributed by atoms with Gasteiger partial charge >= 0.3 is 0 Å². The summed E-state index contributed by atoms with van der Waals surface area (Å²) in [5.41, 5.74) is 0. The van der Waals surface area contributed by atoms with Crippen LogP contribution in [-0.4, -0.2) is 27.3 Å². The molecule has 0 N–H and O–H groups in total. The van der Waals surface area contributed by atoms with Gasteiger partial charge in [0.2, 0.25) is 0 Å². The van der Waals surface area contributed by atoms with Crippen molar-refractivity contribution in [1.29, 1.82) is 0 Å². The zero-order chi connectivity index (χ0) is 12.3. The van der Waals surface area contributed by atoms with Crippen molar-refractivity contribution in [2.24, 2.45) is 5.92 Å². The number of Topliss-reactive ketones (excluding diaryl/α,β-unsaturated/α-hetero) is 1. The summed E-state index contributed by atoms with van der Waals surface area (Å²) in [4.78, 5) is 12.5. The Morgan fingerprint density at radius 3 is 2.24 bits per heavy atom. The molecule has 0 spiro atoms. The van der Waals surface area contributed by atoms with E-state index in [1.165, 1.54) is 25.7 Å². The number of hydrogen-bond donors (Lipinski definition) is 0. The number of carbonyl (C=O) groups is 1. The van der Waals surface area contributed by atoms with E-state index in [-0.39, 0.29) is 5.25 Å². The molecule has 1 aliphatic heterocycles. The third kappa shape index (κ3) is 3.66. The lowest BCUT2D eigenvalue weighted by Gasteiger charge is -2.32. The SMILES string of the molecule is CC1SCC(C(=O)C2CCCCCC2)SC1C. The fraction of sp³-hybridized carbons (Fsp3) is 0.929. The topological polar surface area (TPSA) is 17.1 Å². The van der Waals surface area contributed by atoms with E-state index in [0.717, 1.165) is 18.6 Å². The molecule has 3 unspecified atom stereocenters. The van der Waals surface area contributed by atoms with E-state index < -0.39 is 0 Å². The van der Waals surface area contributed by atoms with Crippen molar-refractivity contribution in [3.05, 3.63) is 0 Å². The van der Waals surface area contributed by atoms with Crippen molar-refractivity contribution >= 4 is 29.3 Å². The minimum atomic E-state index is 0.286. The van der Waals surface area contributed by atoms with E-state index >= 15 is 0 Å². The van der Waals surface area contributed by atoms with Crippen LogP contribution in [0.4, 0.5) is 0 Å². The molecule has 3 heteroatoms. The molecule has 3 atom stereocenters. The quantitative estimate of drug-likeness (QED) is 0.703. The Morgan fingerprint density at radius 2 is 1.65 bits per heavy atom. The fourth-order valence-corrected chi connectivity index (χ4v) is 5.72. The van der Waals surface area contributed by atoms with Crippen LogP contribution in [0.3, 0.4) is 0 Å². The molecule has 2 rings (SSSR count). The zero-order valence-corrected chi connectivity index (χ0v) is 12.6. The van der Waals surface area contributed by atoms with Gasteiger partial charge in [-0.05, 0) is 12.8 Å². The maximum absolute atomic E-state index is 12.5. The molecule has 0 bridgehead atoms. The van der Waals surface area contributed by atoms with Gasteiger partial charge in [0, 0.05) is 22.2 Å². The Bertz CT molecular complexity index is 259. The smallest absolute Gasteiger partial charge is 0.149 e. The zero-order valence-electron chi connectivity index (χ0n) is 11.0. The van der Waals surface area contributed by atoms with E-state index in [1.54, 1.807) is 0 Å². The van der Waals surface area contributed by atoms with Gasteiger partial charge in [0.25, 0.3) is 0 Å². The van der Waals surface area contributed by atoms with Gasteiger partial charge in [-0.1, -0.05) is 39.5 Å². The third-order valence-electron chi connectivity index (χ3n) is 4.13. The maximum Gasteiger partial charge on any atom is 0.149 e. The van der Waals surface area contributed by atoms with Crippen molar-refractivity contribution in [2.45, 2.75) is 68.1 Å². The van der Waals surface area contributed by atoms with Gasteiger partial charge in [0.1, 0.15) is 5.78 Å². The van der Waals surface area contributed by atoms with Crippen molar-refractivity contribution in [3.63, 3.8) is 0 Å². The molecule has 1 heterocycles. The van der Waals surface area contributed by atoms with Gasteiger partial charge in [0.05, 0.1) is 5.25 Å². The third-order valence-corrected chi connectivity index (χ3v) is 7.53. The van der Waals surface area contributed by atoms with Gasteiger partial charge in [-0.3, -0.25) is 4.79 Å². The van der Waals surface area contributed by atoms with Crippen LogP contribution in [0.25, 0.3) is 0 Å². The molecule has 1 nitrogen and oxygen atoms in total. The van der Waals surface area contributed by atoms with Crippen molar-refractivity contribution in [1.82, 2.24) is 0 Å². The number of rotatable bonds is 2. The van der Waals surface area contributed by atoms with Gasteiger partial charge < -0.3 is 0 Å². The van der Waals surface area contributed by atoms with Crippen LogP contribution < -0.4 is 0 Å². The molecule has 1 aliphatic carbocycles. The molecule has 0 aromatic heterocycles. The van der Waals surface area contributed by atoms with Crippen molar-refractivity contribution in [3.8, 4) is 0 Å². The number of carbonyl (C=O) groups excluding carboxylic acids is 1. The van der Waals surface area contributed by atoms with Crippen molar-refractivity contribution in [2.75, 3.05) is 5.75 Å². The highest BCUT2D eigenvalue weighted by Gasteiger charge is 2.33. The Kier molecular flexibility index (Phi) is 5.28. The minimum Gasteiger partial charge on any atom is -0.298 e. The van der Waals surface area contributed by atoms with Crippen LogP contribution in [0, 0.1) is 5.92 Å². The molecule has 2 aliphatic rings. The molecule has 1 saturated carbocycles. The Labute approximate surface area is 114 Å². The lowest BCUT2D eigenvalue weighted by molar-refractivity contribution is -0.122. The molecule has 98 valence electrons. The average Bonchev–Trinajstić information content (AvgIpc) is 2.60. The monoisotopic (exact) mass is 272 g/mol. The second kappa shape index (κ2) is 6.51. The van der Waals surface area contributed by atoms with Crippen LogP contribution >= 0.6 is 23.5 Å². The Hall–Kier alpha value is 0.370. The van der Waals surface area contributed by atoms with E-state index in [9.17, 15) is 4.79 Å². The van der Waals surface area contributed by atoms with Gasteiger partial charge in [-0.25, -0.2) is 0 Å².